The van der Waals surface area contributed by atoms with Crippen molar-refractivity contribution in [2.45, 2.75) is 57.2 Å². The van der Waals surface area contributed by atoms with E-state index in [0.29, 0.717) is 5.92 Å². The molecule has 3 fully saturated rings. The average molecular weight is 320 g/mol. The summed E-state index contributed by atoms with van der Waals surface area (Å²) in [5.41, 5.74) is 0. The molecule has 0 aromatic carbocycles. The fourth-order valence-corrected chi connectivity index (χ4v) is 3.52. The van der Waals surface area contributed by atoms with Crippen LogP contribution in [-0.2, 0) is 16.1 Å². The molecule has 0 N–H and O–H groups in total. The Kier molecular flexibility index (Phi) is 4.07. The summed E-state index contributed by atoms with van der Waals surface area (Å²) in [6.07, 6.45) is 4.26. The van der Waals surface area contributed by atoms with Crippen LogP contribution < -0.4 is 0 Å². The quantitative estimate of drug-likeness (QED) is 0.771. The summed E-state index contributed by atoms with van der Waals surface area (Å²) in [5.74, 6) is 2.04. The minimum atomic E-state index is -0.0587. The minimum Gasteiger partial charge on any atom is -0.461 e. The van der Waals surface area contributed by atoms with E-state index in [2.05, 4.69) is 19.9 Å². The lowest BCUT2D eigenvalue weighted by Crippen LogP contribution is -2.41. The molecule has 3 heterocycles. The van der Waals surface area contributed by atoms with Crippen molar-refractivity contribution in [3.8, 4) is 0 Å². The third kappa shape index (κ3) is 3.40. The van der Waals surface area contributed by atoms with Crippen molar-refractivity contribution in [2.75, 3.05) is 26.2 Å². The molecule has 0 radical (unpaired) electrons. The van der Waals surface area contributed by atoms with E-state index in [1.807, 2.05) is 6.92 Å². The summed E-state index contributed by atoms with van der Waals surface area (Å²) in [5, 5.41) is 4.11. The van der Waals surface area contributed by atoms with Gasteiger partial charge in [0.25, 0.3) is 0 Å². The van der Waals surface area contributed by atoms with Crippen LogP contribution in [0, 0.1) is 0 Å². The second kappa shape index (κ2) is 6.20. The van der Waals surface area contributed by atoms with Crippen LogP contribution in [-0.4, -0.2) is 64.2 Å². The number of nitrogens with zero attached hydrogens (tertiary/aromatic N) is 4. The average Bonchev–Trinajstić information content (AvgIpc) is 3.23. The van der Waals surface area contributed by atoms with Crippen LogP contribution in [0.5, 0.6) is 0 Å². The molecule has 1 aliphatic carbocycles. The number of carbonyl (C=O) groups is 1. The second-order valence-corrected chi connectivity index (χ2v) is 6.99. The topological polar surface area (TPSA) is 71.7 Å². The van der Waals surface area contributed by atoms with Gasteiger partial charge in [-0.1, -0.05) is 5.16 Å². The van der Waals surface area contributed by atoms with E-state index in [0.717, 1.165) is 57.3 Å². The molecular weight excluding hydrogens is 296 g/mol. The predicted molar refractivity (Wildman–Crippen MR) is 81.7 cm³/mol. The van der Waals surface area contributed by atoms with Gasteiger partial charge in [-0.2, -0.15) is 4.98 Å². The predicted octanol–water partition coefficient (Wildman–Crippen LogP) is 1.16. The molecule has 4 rings (SSSR count). The Morgan fingerprint density at radius 3 is 2.83 bits per heavy atom. The Hall–Kier alpha value is -1.47. The van der Waals surface area contributed by atoms with Crippen LogP contribution in [0.3, 0.4) is 0 Å². The maximum Gasteiger partial charge on any atom is 0.323 e. The van der Waals surface area contributed by atoms with Gasteiger partial charge in [-0.3, -0.25) is 14.6 Å². The maximum absolute atomic E-state index is 11.9. The van der Waals surface area contributed by atoms with E-state index in [1.54, 1.807) is 0 Å². The highest BCUT2D eigenvalue weighted by Gasteiger charge is 2.37. The smallest absolute Gasteiger partial charge is 0.323 e. The van der Waals surface area contributed by atoms with Gasteiger partial charge < -0.3 is 9.26 Å². The summed E-state index contributed by atoms with van der Waals surface area (Å²) >= 11 is 0. The van der Waals surface area contributed by atoms with Gasteiger partial charge in [0.15, 0.2) is 5.82 Å². The van der Waals surface area contributed by atoms with Crippen LogP contribution in [0.1, 0.15) is 50.2 Å². The maximum atomic E-state index is 11.9. The lowest BCUT2D eigenvalue weighted by Gasteiger charge is -2.24. The van der Waals surface area contributed by atoms with Gasteiger partial charge in [0, 0.05) is 32.0 Å². The molecule has 3 aliphatic rings. The molecule has 7 heteroatoms. The SMILES string of the molecule is C[C@H]1C[C@H](N2CCCN(Cc3noc(C4CC4)n3)CC2)C(=O)O1. The Labute approximate surface area is 136 Å². The molecule has 0 spiro atoms. The first-order chi connectivity index (χ1) is 11.2. The highest BCUT2D eigenvalue weighted by Crippen LogP contribution is 2.38. The zero-order valence-corrected chi connectivity index (χ0v) is 13.6. The van der Waals surface area contributed by atoms with Gasteiger partial charge in [0.2, 0.25) is 5.89 Å². The number of ether oxygens (including phenoxy) is 1. The molecule has 2 aliphatic heterocycles. The van der Waals surface area contributed by atoms with Crippen LogP contribution >= 0.6 is 0 Å². The fourth-order valence-electron chi connectivity index (χ4n) is 3.52. The van der Waals surface area contributed by atoms with Crippen molar-refractivity contribution in [1.29, 1.82) is 0 Å². The Bertz CT molecular complexity index is 571. The highest BCUT2D eigenvalue weighted by molar-refractivity contribution is 5.77. The number of rotatable bonds is 4. The summed E-state index contributed by atoms with van der Waals surface area (Å²) in [6.45, 7) is 6.46. The molecule has 0 bridgehead atoms. The first-order valence-corrected chi connectivity index (χ1v) is 8.68. The van der Waals surface area contributed by atoms with Crippen LogP contribution in [0.4, 0.5) is 0 Å². The van der Waals surface area contributed by atoms with Gasteiger partial charge in [0.1, 0.15) is 12.1 Å². The van der Waals surface area contributed by atoms with E-state index in [-0.39, 0.29) is 18.1 Å². The van der Waals surface area contributed by atoms with Crippen LogP contribution in [0.15, 0.2) is 4.52 Å². The highest BCUT2D eigenvalue weighted by atomic mass is 16.6. The Morgan fingerprint density at radius 2 is 2.09 bits per heavy atom. The molecule has 0 unspecified atom stereocenters. The van der Waals surface area contributed by atoms with Crippen LogP contribution in [0.2, 0.25) is 0 Å². The van der Waals surface area contributed by atoms with Crippen molar-refractivity contribution in [3.05, 3.63) is 11.7 Å². The van der Waals surface area contributed by atoms with Gasteiger partial charge in [-0.25, -0.2) is 0 Å². The van der Waals surface area contributed by atoms with Crippen molar-refractivity contribution in [2.24, 2.45) is 0 Å². The molecule has 7 nitrogen and oxygen atoms in total. The van der Waals surface area contributed by atoms with Gasteiger partial charge >= 0.3 is 5.97 Å². The zero-order valence-electron chi connectivity index (χ0n) is 13.6. The standard InChI is InChI=1S/C16H24N4O3/c1-11-9-13(16(21)22-11)20-6-2-5-19(7-8-20)10-14-17-15(23-18-14)12-3-4-12/h11-13H,2-10H2,1H3/t11-,13-/m0/s1. The molecule has 1 aromatic rings. The van der Waals surface area contributed by atoms with E-state index in [9.17, 15) is 4.79 Å². The van der Waals surface area contributed by atoms with Crippen molar-refractivity contribution in [1.82, 2.24) is 19.9 Å². The first-order valence-electron chi connectivity index (χ1n) is 8.68. The van der Waals surface area contributed by atoms with E-state index < -0.39 is 0 Å². The summed E-state index contributed by atoms with van der Waals surface area (Å²) in [7, 11) is 0. The second-order valence-electron chi connectivity index (χ2n) is 6.99. The normalized spacial score (nSPS) is 30.4. The third-order valence-electron chi connectivity index (χ3n) is 4.98. The van der Waals surface area contributed by atoms with Gasteiger partial charge in [-0.05, 0) is 32.7 Å². The molecule has 126 valence electrons. The molecule has 0 amide bonds. The summed E-state index contributed by atoms with van der Waals surface area (Å²) in [4.78, 5) is 21.1. The van der Waals surface area contributed by atoms with Crippen molar-refractivity contribution < 1.29 is 14.1 Å². The van der Waals surface area contributed by atoms with Crippen LogP contribution in [0.25, 0.3) is 0 Å². The van der Waals surface area contributed by atoms with E-state index >= 15 is 0 Å². The summed E-state index contributed by atoms with van der Waals surface area (Å²) < 4.78 is 10.6. The Balaban J connectivity index is 1.32. The number of hydrogen-bond acceptors (Lipinski definition) is 7. The third-order valence-corrected chi connectivity index (χ3v) is 4.98. The van der Waals surface area contributed by atoms with Crippen molar-refractivity contribution in [3.63, 3.8) is 0 Å². The zero-order chi connectivity index (χ0) is 15.8. The van der Waals surface area contributed by atoms with Crippen molar-refractivity contribution >= 4 is 5.97 Å². The fraction of sp³-hybridized carbons (Fsp3) is 0.812. The lowest BCUT2D eigenvalue weighted by atomic mass is 10.1. The molecular formula is C16H24N4O3. The lowest BCUT2D eigenvalue weighted by molar-refractivity contribution is -0.144. The number of hydrogen-bond donors (Lipinski definition) is 0. The molecule has 23 heavy (non-hydrogen) atoms. The number of cyclic esters (lactones) is 1. The first kappa shape index (κ1) is 15.1. The van der Waals surface area contributed by atoms with Gasteiger partial charge in [-0.15, -0.1) is 0 Å². The summed E-state index contributed by atoms with van der Waals surface area (Å²) in [6, 6.07) is -0.0587. The number of aromatic nitrogens is 2. The largest absolute Gasteiger partial charge is 0.461 e. The number of esters is 1. The Morgan fingerprint density at radius 1 is 1.22 bits per heavy atom. The molecule has 2 saturated heterocycles. The minimum absolute atomic E-state index is 0.0482. The molecule has 1 aromatic heterocycles. The van der Waals surface area contributed by atoms with E-state index in [4.69, 9.17) is 9.26 Å². The van der Waals surface area contributed by atoms with E-state index in [1.165, 1.54) is 12.8 Å². The monoisotopic (exact) mass is 320 g/mol. The number of carbonyl (C=O) groups excluding carboxylic acids is 1. The molecule has 2 atom stereocenters. The molecule has 1 saturated carbocycles. The van der Waals surface area contributed by atoms with Gasteiger partial charge in [0.05, 0.1) is 6.54 Å².